The zero-order valence-electron chi connectivity index (χ0n) is 19.2. The Morgan fingerprint density at radius 3 is 2.84 bits per heavy atom. The molecule has 3 aromatic rings. The smallest absolute Gasteiger partial charge is 0.228 e. The third kappa shape index (κ3) is 5.02. The van der Waals surface area contributed by atoms with Gasteiger partial charge >= 0.3 is 0 Å². The summed E-state index contributed by atoms with van der Waals surface area (Å²) in [5.41, 5.74) is 3.25. The Labute approximate surface area is 189 Å². The molecule has 7 nitrogen and oxygen atoms in total. The van der Waals surface area contributed by atoms with Crippen LogP contribution >= 0.6 is 11.3 Å². The molecule has 0 aromatic carbocycles. The summed E-state index contributed by atoms with van der Waals surface area (Å²) in [6.07, 6.45) is 3.26. The van der Waals surface area contributed by atoms with Crippen LogP contribution in [0.2, 0.25) is 0 Å². The van der Waals surface area contributed by atoms with E-state index >= 15 is 0 Å². The molecule has 2 atom stereocenters. The lowest BCUT2D eigenvalue weighted by atomic mass is 10.0. The molecule has 8 heteroatoms. The van der Waals surface area contributed by atoms with Gasteiger partial charge in [0, 0.05) is 32.4 Å². The van der Waals surface area contributed by atoms with Crippen molar-refractivity contribution in [3.8, 4) is 0 Å². The molecule has 0 spiro atoms. The minimum atomic E-state index is 0.0654. The molecule has 1 fully saturated rings. The molecular weight excluding hydrogens is 408 g/mol. The lowest BCUT2D eigenvalue weighted by molar-refractivity contribution is 0.0395. The molecule has 2 unspecified atom stereocenters. The van der Waals surface area contributed by atoms with E-state index < -0.39 is 0 Å². The third-order valence-electron chi connectivity index (χ3n) is 5.95. The van der Waals surface area contributed by atoms with E-state index in [9.17, 15) is 0 Å². The molecule has 4 heterocycles. The monoisotopic (exact) mass is 442 g/mol. The van der Waals surface area contributed by atoms with Crippen molar-refractivity contribution in [1.29, 1.82) is 0 Å². The van der Waals surface area contributed by atoms with Crippen molar-refractivity contribution in [2.45, 2.75) is 32.4 Å². The summed E-state index contributed by atoms with van der Waals surface area (Å²) in [5.74, 6) is 2.32. The first kappa shape index (κ1) is 22.0. The van der Waals surface area contributed by atoms with E-state index in [4.69, 9.17) is 14.7 Å². The van der Waals surface area contributed by atoms with Gasteiger partial charge in [0.15, 0.2) is 5.82 Å². The lowest BCUT2D eigenvalue weighted by Gasteiger charge is -2.33. The van der Waals surface area contributed by atoms with Gasteiger partial charge in [-0.05, 0) is 54.9 Å². The topological polar surface area (TPSA) is 58.5 Å². The van der Waals surface area contributed by atoms with Crippen LogP contribution in [0.4, 0.5) is 11.8 Å². The molecule has 0 aliphatic carbocycles. The molecule has 1 saturated heterocycles. The first-order valence-corrected chi connectivity index (χ1v) is 12.0. The van der Waals surface area contributed by atoms with Crippen LogP contribution < -0.4 is 10.2 Å². The Morgan fingerprint density at radius 2 is 2.13 bits per heavy atom. The van der Waals surface area contributed by atoms with Gasteiger partial charge < -0.3 is 24.4 Å². The lowest BCUT2D eigenvalue weighted by Crippen LogP contribution is -2.39. The molecule has 1 N–H and O–H groups in total. The van der Waals surface area contributed by atoms with Crippen LogP contribution in [-0.2, 0) is 11.8 Å². The number of aromatic nitrogens is 3. The second-order valence-corrected chi connectivity index (χ2v) is 9.80. The maximum absolute atomic E-state index is 6.02. The van der Waals surface area contributed by atoms with E-state index in [1.54, 1.807) is 11.3 Å². The SMILES string of the molecule is CC(C)CC(CNc1nc(N2CCOC(c3ccsc3)C2)nc2ccn(C)c12)N(C)C. The Kier molecular flexibility index (Phi) is 6.79. The van der Waals surface area contributed by atoms with Crippen molar-refractivity contribution in [3.63, 3.8) is 0 Å². The zero-order chi connectivity index (χ0) is 22.0. The minimum Gasteiger partial charge on any atom is -0.370 e. The summed E-state index contributed by atoms with van der Waals surface area (Å²) in [5, 5.41) is 7.92. The molecule has 0 bridgehead atoms. The van der Waals surface area contributed by atoms with Crippen molar-refractivity contribution < 1.29 is 4.74 Å². The van der Waals surface area contributed by atoms with Crippen LogP contribution in [0, 0.1) is 5.92 Å². The van der Waals surface area contributed by atoms with Crippen LogP contribution in [0.1, 0.15) is 31.9 Å². The largest absolute Gasteiger partial charge is 0.370 e. The molecule has 0 saturated carbocycles. The highest BCUT2D eigenvalue weighted by Gasteiger charge is 2.25. The number of hydrogen-bond donors (Lipinski definition) is 1. The number of likely N-dealkylation sites (N-methyl/N-ethyl adjacent to an activating group) is 1. The maximum Gasteiger partial charge on any atom is 0.228 e. The standard InChI is InChI=1S/C23H34N6OS/c1-16(2)12-18(27(3)4)13-24-22-21-19(6-8-28(21)5)25-23(26-22)29-9-10-30-20(14-29)17-7-11-31-15-17/h6-8,11,15-16,18,20H,9-10,12-14H2,1-5H3,(H,24,25,26). The average Bonchev–Trinajstić information content (AvgIpc) is 3.41. The first-order valence-electron chi connectivity index (χ1n) is 11.0. The van der Waals surface area contributed by atoms with Gasteiger partial charge in [0.2, 0.25) is 5.95 Å². The van der Waals surface area contributed by atoms with Crippen molar-refractivity contribution >= 4 is 34.1 Å². The van der Waals surface area contributed by atoms with E-state index in [2.05, 4.69) is 83.8 Å². The predicted octanol–water partition coefficient (Wildman–Crippen LogP) is 4.00. The number of rotatable bonds is 8. The van der Waals surface area contributed by atoms with Crippen LogP contribution in [-0.4, -0.2) is 65.8 Å². The van der Waals surface area contributed by atoms with Gasteiger partial charge in [-0.2, -0.15) is 16.3 Å². The first-order chi connectivity index (χ1) is 14.9. The minimum absolute atomic E-state index is 0.0654. The molecule has 0 amide bonds. The number of ether oxygens (including phenoxy) is 1. The highest BCUT2D eigenvalue weighted by atomic mass is 32.1. The van der Waals surface area contributed by atoms with E-state index in [0.29, 0.717) is 18.6 Å². The second kappa shape index (κ2) is 9.54. The van der Waals surface area contributed by atoms with Crippen LogP contribution in [0.3, 0.4) is 0 Å². The number of aryl methyl sites for hydroxylation is 1. The Balaban J connectivity index is 1.59. The van der Waals surface area contributed by atoms with Crippen molar-refractivity contribution in [2.24, 2.45) is 13.0 Å². The summed E-state index contributed by atoms with van der Waals surface area (Å²) < 4.78 is 8.12. The second-order valence-electron chi connectivity index (χ2n) is 9.02. The summed E-state index contributed by atoms with van der Waals surface area (Å²) in [4.78, 5) is 14.4. The highest BCUT2D eigenvalue weighted by Crippen LogP contribution is 2.29. The van der Waals surface area contributed by atoms with Crippen molar-refractivity contribution in [1.82, 2.24) is 19.4 Å². The number of fused-ring (bicyclic) bond motifs is 1. The van der Waals surface area contributed by atoms with Gasteiger partial charge in [0.25, 0.3) is 0 Å². The molecule has 1 aliphatic rings. The maximum atomic E-state index is 6.02. The molecule has 3 aromatic heterocycles. The molecule has 0 radical (unpaired) electrons. The quantitative estimate of drug-likeness (QED) is 0.569. The number of anilines is 2. The number of thiophene rings is 1. The van der Waals surface area contributed by atoms with Crippen LogP contribution in [0.5, 0.6) is 0 Å². The van der Waals surface area contributed by atoms with Gasteiger partial charge in [-0.3, -0.25) is 0 Å². The number of morpholine rings is 1. The summed E-state index contributed by atoms with van der Waals surface area (Å²) in [7, 11) is 6.35. The fraction of sp³-hybridized carbons (Fsp3) is 0.565. The summed E-state index contributed by atoms with van der Waals surface area (Å²) in [6, 6.07) is 4.66. The molecule has 1 aliphatic heterocycles. The number of hydrogen-bond acceptors (Lipinski definition) is 7. The van der Waals surface area contributed by atoms with E-state index in [-0.39, 0.29) is 6.10 Å². The predicted molar refractivity (Wildman–Crippen MR) is 129 cm³/mol. The fourth-order valence-corrected chi connectivity index (χ4v) is 4.87. The van der Waals surface area contributed by atoms with Crippen molar-refractivity contribution in [2.75, 3.05) is 50.6 Å². The van der Waals surface area contributed by atoms with Crippen LogP contribution in [0.15, 0.2) is 29.1 Å². The molecule has 4 rings (SSSR count). The van der Waals surface area contributed by atoms with Crippen LogP contribution in [0.25, 0.3) is 11.0 Å². The fourth-order valence-electron chi connectivity index (χ4n) is 4.17. The Morgan fingerprint density at radius 1 is 1.29 bits per heavy atom. The van der Waals surface area contributed by atoms with Gasteiger partial charge in [-0.1, -0.05) is 13.8 Å². The number of nitrogens with one attached hydrogen (secondary N) is 1. The highest BCUT2D eigenvalue weighted by molar-refractivity contribution is 7.07. The van der Waals surface area contributed by atoms with Gasteiger partial charge in [0.1, 0.15) is 11.6 Å². The Bertz CT molecular complexity index is 984. The van der Waals surface area contributed by atoms with Crippen molar-refractivity contribution in [3.05, 3.63) is 34.7 Å². The summed E-state index contributed by atoms with van der Waals surface area (Å²) in [6.45, 7) is 7.64. The third-order valence-corrected chi connectivity index (χ3v) is 6.65. The van der Waals surface area contributed by atoms with Gasteiger partial charge in [0.05, 0.1) is 18.7 Å². The van der Waals surface area contributed by atoms with E-state index in [1.165, 1.54) is 5.56 Å². The van der Waals surface area contributed by atoms with Gasteiger partial charge in [-0.15, -0.1) is 0 Å². The molecular formula is C23H34N6OS. The zero-order valence-corrected chi connectivity index (χ0v) is 20.0. The Hall–Kier alpha value is -2.16. The van der Waals surface area contributed by atoms with E-state index in [0.717, 1.165) is 48.9 Å². The molecule has 31 heavy (non-hydrogen) atoms. The summed E-state index contributed by atoms with van der Waals surface area (Å²) >= 11 is 1.71. The van der Waals surface area contributed by atoms with Gasteiger partial charge in [-0.25, -0.2) is 4.98 Å². The number of nitrogens with zero attached hydrogens (tertiary/aromatic N) is 5. The average molecular weight is 443 g/mol. The van der Waals surface area contributed by atoms with E-state index in [1.807, 2.05) is 0 Å². The normalized spacial score (nSPS) is 18.3. The molecule has 168 valence electrons.